The van der Waals surface area contributed by atoms with Gasteiger partial charge < -0.3 is 15.3 Å². The number of nitrogens with one attached hydrogen (secondary N) is 1. The molecule has 0 radical (unpaired) electrons. The third kappa shape index (κ3) is 4.25. The number of hydrogen-bond acceptors (Lipinski definition) is 3. The number of aliphatic hydroxyl groups excluding tert-OH is 1. The number of hydrogen-bond donors (Lipinski definition) is 2. The summed E-state index contributed by atoms with van der Waals surface area (Å²) >= 11 is 0. The van der Waals surface area contributed by atoms with Crippen LogP contribution < -0.4 is 10.2 Å². The van der Waals surface area contributed by atoms with Crippen LogP contribution >= 0.6 is 0 Å². The summed E-state index contributed by atoms with van der Waals surface area (Å²) in [6.07, 6.45) is 1.74. The Kier molecular flexibility index (Phi) is 5.84. The van der Waals surface area contributed by atoms with Gasteiger partial charge in [0.25, 0.3) is 0 Å². The maximum atomic E-state index is 8.96. The van der Waals surface area contributed by atoms with Crippen LogP contribution in [0.1, 0.15) is 30.5 Å². The molecule has 2 N–H and O–H groups in total. The summed E-state index contributed by atoms with van der Waals surface area (Å²) in [5, 5.41) is 12.6. The van der Waals surface area contributed by atoms with Crippen molar-refractivity contribution in [2.75, 3.05) is 30.9 Å². The Morgan fingerprint density at radius 1 is 1.00 bits per heavy atom. The lowest BCUT2D eigenvalue weighted by molar-refractivity contribution is 0.299. The van der Waals surface area contributed by atoms with Crippen molar-refractivity contribution in [1.29, 1.82) is 0 Å². The Morgan fingerprint density at radius 3 is 2.14 bits per heavy atom. The van der Waals surface area contributed by atoms with E-state index in [1.807, 2.05) is 0 Å². The van der Waals surface area contributed by atoms with E-state index < -0.39 is 0 Å². The lowest BCUT2D eigenvalue weighted by Gasteiger charge is -2.20. The molecule has 0 aliphatic heterocycles. The predicted molar refractivity (Wildman–Crippen MR) is 94.7 cm³/mol. The molecule has 0 spiro atoms. The molecule has 22 heavy (non-hydrogen) atoms. The van der Waals surface area contributed by atoms with E-state index >= 15 is 0 Å². The summed E-state index contributed by atoms with van der Waals surface area (Å²) in [6.45, 7) is 2.39. The molecule has 0 aliphatic carbocycles. The molecule has 118 valence electrons. The van der Waals surface area contributed by atoms with Crippen molar-refractivity contribution < 1.29 is 5.11 Å². The van der Waals surface area contributed by atoms with Gasteiger partial charge in [-0.05, 0) is 48.2 Å². The fraction of sp³-hybridized carbons (Fsp3) is 0.368. The van der Waals surface area contributed by atoms with Crippen molar-refractivity contribution >= 4 is 11.4 Å². The molecule has 0 amide bonds. The molecule has 3 nitrogen and oxygen atoms in total. The number of aliphatic hydroxyl groups is 1. The Morgan fingerprint density at radius 2 is 1.64 bits per heavy atom. The third-order valence-electron chi connectivity index (χ3n) is 3.92. The van der Waals surface area contributed by atoms with Crippen LogP contribution in [0.2, 0.25) is 0 Å². The minimum Gasteiger partial charge on any atom is -0.396 e. The van der Waals surface area contributed by atoms with Gasteiger partial charge in [0.15, 0.2) is 0 Å². The summed E-state index contributed by atoms with van der Waals surface area (Å²) in [7, 11) is 4.11. The molecule has 1 unspecified atom stereocenters. The van der Waals surface area contributed by atoms with E-state index in [2.05, 4.69) is 79.8 Å². The highest BCUT2D eigenvalue weighted by Gasteiger charge is 2.09. The van der Waals surface area contributed by atoms with E-state index in [1.54, 1.807) is 0 Å². The van der Waals surface area contributed by atoms with Gasteiger partial charge in [-0.3, -0.25) is 0 Å². The molecular weight excluding hydrogens is 272 g/mol. The Balaban J connectivity index is 2.07. The highest BCUT2D eigenvalue weighted by molar-refractivity contribution is 5.50. The SMILES string of the molecule is CCC(Nc1ccc(CCO)cc1)c1ccc(N(C)C)cc1. The first-order valence-electron chi connectivity index (χ1n) is 7.87. The first kappa shape index (κ1) is 16.4. The van der Waals surface area contributed by atoms with Crippen LogP contribution in [-0.2, 0) is 6.42 Å². The van der Waals surface area contributed by atoms with Gasteiger partial charge >= 0.3 is 0 Å². The van der Waals surface area contributed by atoms with E-state index in [4.69, 9.17) is 5.11 Å². The maximum Gasteiger partial charge on any atom is 0.0511 e. The van der Waals surface area contributed by atoms with E-state index in [-0.39, 0.29) is 6.61 Å². The molecule has 2 rings (SSSR count). The molecule has 0 saturated heterocycles. The zero-order chi connectivity index (χ0) is 15.9. The fourth-order valence-electron chi connectivity index (χ4n) is 2.52. The van der Waals surface area contributed by atoms with Crippen molar-refractivity contribution in [1.82, 2.24) is 0 Å². The van der Waals surface area contributed by atoms with Crippen molar-refractivity contribution in [2.45, 2.75) is 25.8 Å². The average Bonchev–Trinajstić information content (AvgIpc) is 2.54. The lowest BCUT2D eigenvalue weighted by Crippen LogP contribution is -2.11. The monoisotopic (exact) mass is 298 g/mol. The molecule has 0 aliphatic rings. The van der Waals surface area contributed by atoms with Gasteiger partial charge in [0.05, 0.1) is 6.04 Å². The first-order valence-corrected chi connectivity index (χ1v) is 7.87. The predicted octanol–water partition coefficient (Wildman–Crippen LogP) is 3.85. The molecule has 0 bridgehead atoms. The maximum absolute atomic E-state index is 8.96. The van der Waals surface area contributed by atoms with Crippen LogP contribution in [0, 0.1) is 0 Å². The normalized spacial score (nSPS) is 12.0. The van der Waals surface area contributed by atoms with Crippen LogP contribution in [0.25, 0.3) is 0 Å². The second kappa shape index (κ2) is 7.85. The highest BCUT2D eigenvalue weighted by Crippen LogP contribution is 2.24. The van der Waals surface area contributed by atoms with E-state index in [1.165, 1.54) is 11.3 Å². The summed E-state index contributed by atoms with van der Waals surface area (Å²) in [5.74, 6) is 0. The summed E-state index contributed by atoms with van der Waals surface area (Å²) in [5.41, 5.74) is 4.79. The zero-order valence-corrected chi connectivity index (χ0v) is 13.7. The third-order valence-corrected chi connectivity index (χ3v) is 3.92. The fourth-order valence-corrected chi connectivity index (χ4v) is 2.52. The average molecular weight is 298 g/mol. The molecule has 0 fully saturated rings. The number of nitrogens with zero attached hydrogens (tertiary/aromatic N) is 1. The van der Waals surface area contributed by atoms with Crippen LogP contribution in [0.4, 0.5) is 11.4 Å². The van der Waals surface area contributed by atoms with Gasteiger partial charge in [0.1, 0.15) is 0 Å². The molecule has 3 heteroatoms. The number of anilines is 2. The van der Waals surface area contributed by atoms with Crippen molar-refractivity contribution in [3.8, 4) is 0 Å². The van der Waals surface area contributed by atoms with Gasteiger partial charge in [-0.2, -0.15) is 0 Å². The van der Waals surface area contributed by atoms with Crippen LogP contribution in [-0.4, -0.2) is 25.8 Å². The van der Waals surface area contributed by atoms with Crippen molar-refractivity contribution in [2.24, 2.45) is 0 Å². The van der Waals surface area contributed by atoms with Crippen LogP contribution in [0.5, 0.6) is 0 Å². The molecule has 0 aromatic heterocycles. The molecule has 2 aromatic carbocycles. The van der Waals surface area contributed by atoms with Gasteiger partial charge in [0.2, 0.25) is 0 Å². The van der Waals surface area contributed by atoms with Gasteiger partial charge in [-0.1, -0.05) is 31.2 Å². The largest absolute Gasteiger partial charge is 0.396 e. The van der Waals surface area contributed by atoms with E-state index in [9.17, 15) is 0 Å². The smallest absolute Gasteiger partial charge is 0.0511 e. The van der Waals surface area contributed by atoms with E-state index in [0.717, 1.165) is 17.7 Å². The van der Waals surface area contributed by atoms with Gasteiger partial charge in [0, 0.05) is 32.1 Å². The summed E-state index contributed by atoms with van der Waals surface area (Å²) in [4.78, 5) is 2.11. The Labute approximate surface area is 133 Å². The summed E-state index contributed by atoms with van der Waals surface area (Å²) < 4.78 is 0. The van der Waals surface area contributed by atoms with Gasteiger partial charge in [-0.25, -0.2) is 0 Å². The summed E-state index contributed by atoms with van der Waals surface area (Å²) in [6, 6.07) is 17.3. The van der Waals surface area contributed by atoms with Crippen molar-refractivity contribution in [3.63, 3.8) is 0 Å². The Bertz CT molecular complexity index is 561. The second-order valence-corrected chi connectivity index (χ2v) is 5.76. The molecule has 0 saturated carbocycles. The van der Waals surface area contributed by atoms with Gasteiger partial charge in [-0.15, -0.1) is 0 Å². The molecule has 1 atom stereocenters. The number of rotatable bonds is 7. The standard InChI is InChI=1S/C19H26N2O/c1-4-19(16-7-11-18(12-8-16)21(2)3)20-17-9-5-15(6-10-17)13-14-22/h5-12,19-20,22H,4,13-14H2,1-3H3. The molecule has 2 aromatic rings. The minimum atomic E-state index is 0.197. The second-order valence-electron chi connectivity index (χ2n) is 5.76. The molecule has 0 heterocycles. The van der Waals surface area contributed by atoms with Crippen LogP contribution in [0.3, 0.4) is 0 Å². The van der Waals surface area contributed by atoms with E-state index in [0.29, 0.717) is 12.5 Å². The Hall–Kier alpha value is -2.00. The molecular formula is C19H26N2O. The topological polar surface area (TPSA) is 35.5 Å². The lowest BCUT2D eigenvalue weighted by atomic mass is 10.0. The highest BCUT2D eigenvalue weighted by atomic mass is 16.2. The zero-order valence-electron chi connectivity index (χ0n) is 13.7. The minimum absolute atomic E-state index is 0.197. The van der Waals surface area contributed by atoms with Crippen molar-refractivity contribution in [3.05, 3.63) is 59.7 Å². The number of benzene rings is 2. The first-order chi connectivity index (χ1) is 10.6. The quantitative estimate of drug-likeness (QED) is 0.815. The van der Waals surface area contributed by atoms with Crippen LogP contribution in [0.15, 0.2) is 48.5 Å².